The van der Waals surface area contributed by atoms with E-state index < -0.39 is 0 Å². The minimum atomic E-state index is 0.725. The second-order valence-electron chi connectivity index (χ2n) is 5.78. The molecule has 0 amide bonds. The molecule has 1 heterocycles. The fourth-order valence-corrected chi connectivity index (χ4v) is 3.16. The zero-order chi connectivity index (χ0) is 12.5. The minimum Gasteiger partial charge on any atom is -0.330 e. The predicted octanol–water partition coefficient (Wildman–Crippen LogP) is 3.26. The van der Waals surface area contributed by atoms with Crippen LogP contribution in [-0.2, 0) is 0 Å². The van der Waals surface area contributed by atoms with Crippen molar-refractivity contribution in [3.8, 4) is 0 Å². The van der Waals surface area contributed by atoms with Gasteiger partial charge in [-0.3, -0.25) is 0 Å². The van der Waals surface area contributed by atoms with Crippen LogP contribution < -0.4 is 5.73 Å². The highest BCUT2D eigenvalue weighted by molar-refractivity contribution is 4.73. The summed E-state index contributed by atoms with van der Waals surface area (Å²) in [4.78, 5) is 2.67. The lowest BCUT2D eigenvalue weighted by atomic mass is 9.96. The molecule has 1 saturated heterocycles. The molecule has 2 nitrogen and oxygen atoms in total. The summed E-state index contributed by atoms with van der Waals surface area (Å²) in [5.74, 6) is 1.72. The van der Waals surface area contributed by atoms with Gasteiger partial charge in [0.05, 0.1) is 0 Å². The third-order valence-corrected chi connectivity index (χ3v) is 4.18. The second-order valence-corrected chi connectivity index (χ2v) is 5.78. The Labute approximate surface area is 108 Å². The Morgan fingerprint density at radius 3 is 2.65 bits per heavy atom. The van der Waals surface area contributed by atoms with Crippen LogP contribution in [0.3, 0.4) is 0 Å². The third kappa shape index (κ3) is 5.87. The maximum Gasteiger partial charge on any atom is 0.00217 e. The first-order chi connectivity index (χ1) is 8.30. The first-order valence-electron chi connectivity index (χ1n) is 7.72. The summed E-state index contributed by atoms with van der Waals surface area (Å²) < 4.78 is 0. The molecule has 102 valence electrons. The first-order valence-corrected chi connectivity index (χ1v) is 7.72. The molecule has 17 heavy (non-hydrogen) atoms. The van der Waals surface area contributed by atoms with Crippen molar-refractivity contribution in [2.45, 2.75) is 58.8 Å². The fourth-order valence-electron chi connectivity index (χ4n) is 3.16. The van der Waals surface area contributed by atoms with Crippen LogP contribution in [0.5, 0.6) is 0 Å². The molecule has 2 atom stereocenters. The van der Waals surface area contributed by atoms with Gasteiger partial charge in [0.25, 0.3) is 0 Å². The van der Waals surface area contributed by atoms with Gasteiger partial charge in [0.15, 0.2) is 0 Å². The van der Waals surface area contributed by atoms with Crippen LogP contribution in [0.15, 0.2) is 0 Å². The van der Waals surface area contributed by atoms with Gasteiger partial charge >= 0.3 is 0 Å². The summed E-state index contributed by atoms with van der Waals surface area (Å²) in [6, 6.07) is 0. The molecule has 0 spiro atoms. The molecule has 0 bridgehead atoms. The number of rotatable bonds is 7. The van der Waals surface area contributed by atoms with Crippen molar-refractivity contribution in [2.24, 2.45) is 17.6 Å². The molecule has 0 aromatic rings. The van der Waals surface area contributed by atoms with Gasteiger partial charge in [-0.05, 0) is 57.2 Å². The lowest BCUT2D eigenvalue weighted by Crippen LogP contribution is -2.33. The van der Waals surface area contributed by atoms with E-state index >= 15 is 0 Å². The Morgan fingerprint density at radius 2 is 2.00 bits per heavy atom. The van der Waals surface area contributed by atoms with Gasteiger partial charge in [0.2, 0.25) is 0 Å². The topological polar surface area (TPSA) is 29.3 Å². The molecule has 0 aromatic heterocycles. The van der Waals surface area contributed by atoms with E-state index in [0.29, 0.717) is 0 Å². The van der Waals surface area contributed by atoms with Crippen LogP contribution in [-0.4, -0.2) is 31.1 Å². The van der Waals surface area contributed by atoms with Gasteiger partial charge in [0, 0.05) is 6.54 Å². The summed E-state index contributed by atoms with van der Waals surface area (Å²) in [7, 11) is 0. The van der Waals surface area contributed by atoms with E-state index in [-0.39, 0.29) is 0 Å². The number of nitrogens with two attached hydrogens (primary N) is 1. The Morgan fingerprint density at radius 1 is 1.18 bits per heavy atom. The molecule has 1 fully saturated rings. The van der Waals surface area contributed by atoms with Crippen LogP contribution in [0.4, 0.5) is 0 Å². The standard InChI is InChI=1S/C15H32N2/c1-3-6-14-8-5-10-17(11-9-14)13-15(12-16)7-4-2/h14-15H,3-13,16H2,1-2H3. The largest absolute Gasteiger partial charge is 0.330 e. The minimum absolute atomic E-state index is 0.725. The van der Waals surface area contributed by atoms with Crippen molar-refractivity contribution in [3.05, 3.63) is 0 Å². The highest BCUT2D eigenvalue weighted by Gasteiger charge is 2.18. The van der Waals surface area contributed by atoms with Gasteiger partial charge in [-0.1, -0.05) is 33.1 Å². The van der Waals surface area contributed by atoms with Gasteiger partial charge in [0.1, 0.15) is 0 Å². The number of hydrogen-bond donors (Lipinski definition) is 1. The average molecular weight is 240 g/mol. The summed E-state index contributed by atoms with van der Waals surface area (Å²) in [6.07, 6.45) is 9.62. The SMILES string of the molecule is CCCC1CCCN(CC(CN)CCC)CC1. The number of nitrogens with zero attached hydrogens (tertiary/aromatic N) is 1. The van der Waals surface area contributed by atoms with Gasteiger partial charge in [-0.25, -0.2) is 0 Å². The van der Waals surface area contributed by atoms with Crippen LogP contribution in [0, 0.1) is 11.8 Å². The summed E-state index contributed by atoms with van der Waals surface area (Å²) in [5, 5.41) is 0. The van der Waals surface area contributed by atoms with Crippen molar-refractivity contribution >= 4 is 0 Å². The molecule has 2 unspecified atom stereocenters. The molecule has 0 saturated carbocycles. The summed E-state index contributed by atoms with van der Waals surface area (Å²) in [6.45, 7) is 9.30. The highest BCUT2D eigenvalue weighted by Crippen LogP contribution is 2.22. The van der Waals surface area contributed by atoms with Crippen molar-refractivity contribution in [1.29, 1.82) is 0 Å². The Balaban J connectivity index is 2.29. The van der Waals surface area contributed by atoms with Gasteiger partial charge in [-0.15, -0.1) is 0 Å². The third-order valence-electron chi connectivity index (χ3n) is 4.18. The maximum atomic E-state index is 5.86. The molecule has 2 N–H and O–H groups in total. The molecule has 1 aliphatic heterocycles. The second kappa shape index (κ2) is 8.93. The highest BCUT2D eigenvalue weighted by atomic mass is 15.1. The number of hydrogen-bond acceptors (Lipinski definition) is 2. The van der Waals surface area contributed by atoms with Crippen LogP contribution >= 0.6 is 0 Å². The average Bonchev–Trinajstić information content (AvgIpc) is 2.55. The van der Waals surface area contributed by atoms with Crippen LogP contribution in [0.2, 0.25) is 0 Å². The lowest BCUT2D eigenvalue weighted by molar-refractivity contribution is 0.230. The molecule has 1 rings (SSSR count). The van der Waals surface area contributed by atoms with Crippen molar-refractivity contribution in [2.75, 3.05) is 26.2 Å². The maximum absolute atomic E-state index is 5.86. The van der Waals surface area contributed by atoms with E-state index in [1.807, 2.05) is 0 Å². The zero-order valence-electron chi connectivity index (χ0n) is 12.0. The molecule has 0 aliphatic carbocycles. The van der Waals surface area contributed by atoms with Crippen molar-refractivity contribution in [1.82, 2.24) is 4.90 Å². The van der Waals surface area contributed by atoms with Crippen molar-refractivity contribution < 1.29 is 0 Å². The van der Waals surface area contributed by atoms with Gasteiger partial charge in [-0.2, -0.15) is 0 Å². The van der Waals surface area contributed by atoms with E-state index in [1.165, 1.54) is 64.6 Å². The molecular formula is C15H32N2. The zero-order valence-corrected chi connectivity index (χ0v) is 12.0. The predicted molar refractivity (Wildman–Crippen MR) is 76.1 cm³/mol. The smallest absolute Gasteiger partial charge is 0.00217 e. The summed E-state index contributed by atoms with van der Waals surface area (Å²) >= 11 is 0. The molecule has 0 radical (unpaired) electrons. The fraction of sp³-hybridized carbons (Fsp3) is 1.00. The van der Waals surface area contributed by atoms with Gasteiger partial charge < -0.3 is 10.6 Å². The van der Waals surface area contributed by atoms with Crippen LogP contribution in [0.25, 0.3) is 0 Å². The van der Waals surface area contributed by atoms with Crippen molar-refractivity contribution in [3.63, 3.8) is 0 Å². The van der Waals surface area contributed by atoms with E-state index in [0.717, 1.165) is 18.4 Å². The lowest BCUT2D eigenvalue weighted by Gasteiger charge is -2.25. The quantitative estimate of drug-likeness (QED) is 0.740. The Hall–Kier alpha value is -0.0800. The molecule has 1 aliphatic rings. The summed E-state index contributed by atoms with van der Waals surface area (Å²) in [5.41, 5.74) is 5.86. The van der Waals surface area contributed by atoms with E-state index in [2.05, 4.69) is 18.7 Å². The van der Waals surface area contributed by atoms with E-state index in [1.54, 1.807) is 0 Å². The molecular weight excluding hydrogens is 208 g/mol. The number of likely N-dealkylation sites (tertiary alicyclic amines) is 1. The monoisotopic (exact) mass is 240 g/mol. The molecule has 0 aromatic carbocycles. The first kappa shape index (κ1) is 15.0. The normalized spacial score (nSPS) is 24.5. The molecule has 2 heteroatoms. The Kier molecular flexibility index (Phi) is 7.87. The van der Waals surface area contributed by atoms with E-state index in [9.17, 15) is 0 Å². The van der Waals surface area contributed by atoms with Crippen LogP contribution in [0.1, 0.15) is 58.8 Å². The Bertz CT molecular complexity index is 182. The van der Waals surface area contributed by atoms with E-state index in [4.69, 9.17) is 5.73 Å².